The zero-order valence-corrected chi connectivity index (χ0v) is 14.7. The van der Waals surface area contributed by atoms with Crippen molar-refractivity contribution >= 4 is 11.9 Å². The molecule has 3 aliphatic heterocycles. The highest BCUT2D eigenvalue weighted by molar-refractivity contribution is 5.86. The molecule has 1 spiro atoms. The van der Waals surface area contributed by atoms with Crippen LogP contribution in [0.1, 0.15) is 37.7 Å². The summed E-state index contributed by atoms with van der Waals surface area (Å²) in [5, 5.41) is 0. The fourth-order valence-electron chi connectivity index (χ4n) is 4.53. The summed E-state index contributed by atoms with van der Waals surface area (Å²) < 4.78 is 0. The summed E-state index contributed by atoms with van der Waals surface area (Å²) in [4.78, 5) is 35.8. The van der Waals surface area contributed by atoms with Gasteiger partial charge in [-0.25, -0.2) is 4.79 Å². The fourth-order valence-corrected chi connectivity index (χ4v) is 4.53. The van der Waals surface area contributed by atoms with E-state index in [2.05, 4.69) is 4.98 Å². The number of rotatable bonds is 2. The second-order valence-electron chi connectivity index (χ2n) is 7.61. The van der Waals surface area contributed by atoms with Gasteiger partial charge in [0.25, 0.3) is 0 Å². The normalized spacial score (nSPS) is 26.7. The van der Waals surface area contributed by atoms with Gasteiger partial charge in [-0.05, 0) is 49.8 Å². The lowest BCUT2D eigenvalue weighted by Gasteiger charge is -2.40. The third-order valence-electron chi connectivity index (χ3n) is 5.95. The summed E-state index contributed by atoms with van der Waals surface area (Å²) in [6.45, 7) is 4.54. The predicted molar refractivity (Wildman–Crippen MR) is 93.7 cm³/mol. The molecule has 1 aromatic heterocycles. The Labute approximate surface area is 148 Å². The molecule has 3 amide bonds. The van der Waals surface area contributed by atoms with Crippen LogP contribution in [0.2, 0.25) is 0 Å². The lowest BCUT2D eigenvalue weighted by molar-refractivity contribution is -0.138. The first kappa shape index (κ1) is 16.4. The van der Waals surface area contributed by atoms with E-state index >= 15 is 0 Å². The van der Waals surface area contributed by atoms with Gasteiger partial charge < -0.3 is 14.7 Å². The molecular weight excluding hydrogens is 316 g/mol. The Morgan fingerprint density at radius 1 is 1.00 bits per heavy atom. The molecule has 25 heavy (non-hydrogen) atoms. The van der Waals surface area contributed by atoms with Crippen molar-refractivity contribution in [2.75, 3.05) is 32.7 Å². The molecule has 3 fully saturated rings. The molecule has 0 radical (unpaired) electrons. The SMILES string of the molecule is O=C(N1CCCC1)N1CCC[C@]2(CCN(Cc3ccncc3)C2=O)C1. The molecule has 134 valence electrons. The zero-order chi connectivity index (χ0) is 17.3. The molecule has 3 aliphatic rings. The van der Waals surface area contributed by atoms with E-state index in [9.17, 15) is 9.59 Å². The van der Waals surface area contributed by atoms with Gasteiger partial charge in [-0.1, -0.05) is 0 Å². The van der Waals surface area contributed by atoms with Crippen molar-refractivity contribution in [1.82, 2.24) is 19.7 Å². The number of likely N-dealkylation sites (tertiary alicyclic amines) is 3. The molecular formula is C19H26N4O2. The van der Waals surface area contributed by atoms with E-state index < -0.39 is 0 Å². The molecule has 6 nitrogen and oxygen atoms in total. The first-order valence-corrected chi connectivity index (χ1v) is 9.40. The first-order chi connectivity index (χ1) is 12.2. The van der Waals surface area contributed by atoms with Crippen LogP contribution in [-0.2, 0) is 11.3 Å². The number of aromatic nitrogens is 1. The van der Waals surface area contributed by atoms with Gasteiger partial charge in [-0.15, -0.1) is 0 Å². The van der Waals surface area contributed by atoms with Crippen LogP contribution in [-0.4, -0.2) is 64.3 Å². The van der Waals surface area contributed by atoms with E-state index in [0.717, 1.165) is 63.8 Å². The molecule has 0 unspecified atom stereocenters. The van der Waals surface area contributed by atoms with E-state index in [4.69, 9.17) is 0 Å². The average Bonchev–Trinajstić information content (AvgIpc) is 3.28. The molecule has 1 aromatic rings. The Balaban J connectivity index is 1.44. The largest absolute Gasteiger partial charge is 0.338 e. The number of pyridine rings is 1. The molecule has 4 rings (SSSR count). The van der Waals surface area contributed by atoms with Crippen LogP contribution in [0, 0.1) is 5.41 Å². The van der Waals surface area contributed by atoms with Crippen molar-refractivity contribution in [3.8, 4) is 0 Å². The van der Waals surface area contributed by atoms with Gasteiger partial charge >= 0.3 is 6.03 Å². The maximum absolute atomic E-state index is 13.1. The van der Waals surface area contributed by atoms with Crippen molar-refractivity contribution in [3.63, 3.8) is 0 Å². The summed E-state index contributed by atoms with van der Waals surface area (Å²) in [5.41, 5.74) is 0.752. The molecule has 3 saturated heterocycles. The Kier molecular flexibility index (Phi) is 4.36. The van der Waals surface area contributed by atoms with Crippen molar-refractivity contribution in [2.45, 2.75) is 38.6 Å². The number of carbonyl (C=O) groups excluding carboxylic acids is 2. The maximum Gasteiger partial charge on any atom is 0.320 e. The fraction of sp³-hybridized carbons (Fsp3) is 0.632. The number of hydrogen-bond acceptors (Lipinski definition) is 3. The van der Waals surface area contributed by atoms with Crippen LogP contribution in [0.25, 0.3) is 0 Å². The van der Waals surface area contributed by atoms with E-state index in [-0.39, 0.29) is 17.4 Å². The minimum Gasteiger partial charge on any atom is -0.338 e. The number of amides is 3. The molecule has 1 atom stereocenters. The highest BCUT2D eigenvalue weighted by Crippen LogP contribution is 2.41. The summed E-state index contributed by atoms with van der Waals surface area (Å²) in [6.07, 6.45) is 8.43. The molecule has 0 saturated carbocycles. The molecule has 4 heterocycles. The minimum absolute atomic E-state index is 0.136. The molecule has 6 heteroatoms. The highest BCUT2D eigenvalue weighted by atomic mass is 16.2. The Bertz CT molecular complexity index is 644. The Hall–Kier alpha value is -2.11. The quantitative estimate of drug-likeness (QED) is 0.827. The summed E-state index contributed by atoms with van der Waals surface area (Å²) >= 11 is 0. The number of urea groups is 1. The summed E-state index contributed by atoms with van der Waals surface area (Å²) in [7, 11) is 0. The average molecular weight is 342 g/mol. The molecule has 0 bridgehead atoms. The number of carbonyl (C=O) groups is 2. The van der Waals surface area contributed by atoms with Crippen molar-refractivity contribution in [2.24, 2.45) is 5.41 Å². The van der Waals surface area contributed by atoms with Gasteiger partial charge in [-0.2, -0.15) is 0 Å². The second kappa shape index (κ2) is 6.65. The second-order valence-corrected chi connectivity index (χ2v) is 7.61. The summed E-state index contributed by atoms with van der Waals surface area (Å²) in [5.74, 6) is 0.225. The standard InChI is InChI=1S/C19H26N4O2/c24-17-19(7-13-22(17)14-16-4-8-20-9-5-16)6-3-12-23(15-19)18(25)21-10-1-2-11-21/h4-5,8-9H,1-3,6-7,10-15H2/t19-/m0/s1. The Morgan fingerprint density at radius 2 is 1.72 bits per heavy atom. The lowest BCUT2D eigenvalue weighted by Crippen LogP contribution is -2.52. The van der Waals surface area contributed by atoms with Crippen LogP contribution in [0.15, 0.2) is 24.5 Å². The van der Waals surface area contributed by atoms with Crippen LogP contribution < -0.4 is 0 Å². The zero-order valence-electron chi connectivity index (χ0n) is 14.7. The van der Waals surface area contributed by atoms with Gasteiger partial charge in [0, 0.05) is 51.7 Å². The number of piperidine rings is 1. The predicted octanol–water partition coefficient (Wildman–Crippen LogP) is 2.11. The van der Waals surface area contributed by atoms with Gasteiger partial charge in [0.15, 0.2) is 0 Å². The third kappa shape index (κ3) is 3.10. The van der Waals surface area contributed by atoms with E-state index in [1.54, 1.807) is 12.4 Å². The Morgan fingerprint density at radius 3 is 2.48 bits per heavy atom. The van der Waals surface area contributed by atoms with Crippen molar-refractivity contribution < 1.29 is 9.59 Å². The van der Waals surface area contributed by atoms with E-state index in [1.807, 2.05) is 26.8 Å². The number of hydrogen-bond donors (Lipinski definition) is 0. The van der Waals surface area contributed by atoms with E-state index in [1.165, 1.54) is 0 Å². The molecule has 0 aromatic carbocycles. The highest BCUT2D eigenvalue weighted by Gasteiger charge is 2.49. The van der Waals surface area contributed by atoms with Crippen LogP contribution in [0.4, 0.5) is 4.79 Å². The smallest absolute Gasteiger partial charge is 0.320 e. The molecule has 0 aliphatic carbocycles. The van der Waals surface area contributed by atoms with Gasteiger partial charge in [0.1, 0.15) is 0 Å². The van der Waals surface area contributed by atoms with Crippen LogP contribution in [0.3, 0.4) is 0 Å². The first-order valence-electron chi connectivity index (χ1n) is 9.40. The minimum atomic E-state index is -0.360. The van der Waals surface area contributed by atoms with Crippen LogP contribution in [0.5, 0.6) is 0 Å². The van der Waals surface area contributed by atoms with Crippen molar-refractivity contribution in [3.05, 3.63) is 30.1 Å². The van der Waals surface area contributed by atoms with Crippen LogP contribution >= 0.6 is 0 Å². The lowest BCUT2D eigenvalue weighted by atomic mass is 9.78. The third-order valence-corrected chi connectivity index (χ3v) is 5.95. The van der Waals surface area contributed by atoms with E-state index in [0.29, 0.717) is 13.1 Å². The van der Waals surface area contributed by atoms with Gasteiger partial charge in [0.05, 0.1) is 5.41 Å². The van der Waals surface area contributed by atoms with Gasteiger partial charge in [-0.3, -0.25) is 9.78 Å². The summed E-state index contributed by atoms with van der Waals surface area (Å²) in [6, 6.07) is 4.06. The molecule has 0 N–H and O–H groups in total. The topological polar surface area (TPSA) is 56.8 Å². The van der Waals surface area contributed by atoms with Gasteiger partial charge in [0.2, 0.25) is 5.91 Å². The maximum atomic E-state index is 13.1. The monoisotopic (exact) mass is 342 g/mol. The number of nitrogens with zero attached hydrogens (tertiary/aromatic N) is 4. The van der Waals surface area contributed by atoms with Crippen molar-refractivity contribution in [1.29, 1.82) is 0 Å².